The number of rotatable bonds is 3. The van der Waals surface area contributed by atoms with Gasteiger partial charge in [-0.1, -0.05) is 12.1 Å². The van der Waals surface area contributed by atoms with Gasteiger partial charge < -0.3 is 4.74 Å². The average molecular weight is 246 g/mol. The highest BCUT2D eigenvalue weighted by atomic mass is 19.1. The first-order chi connectivity index (χ1) is 8.70. The number of ether oxygens (including phenoxy) is 1. The number of carbonyl (C=O) groups is 1. The van der Waals surface area contributed by atoms with Crippen molar-refractivity contribution in [2.24, 2.45) is 0 Å². The Morgan fingerprint density at radius 3 is 2.94 bits per heavy atom. The Labute approximate surface area is 103 Å². The van der Waals surface area contributed by atoms with Crippen molar-refractivity contribution in [1.82, 2.24) is 10.2 Å². The number of benzene rings is 1. The molecule has 0 aliphatic heterocycles. The average Bonchev–Trinajstić information content (AvgIpc) is 2.39. The lowest BCUT2D eigenvalue weighted by atomic mass is 10.1. The van der Waals surface area contributed by atoms with Crippen LogP contribution in [0.3, 0.4) is 0 Å². The molecule has 0 aliphatic carbocycles. The van der Waals surface area contributed by atoms with Crippen LogP contribution in [-0.4, -0.2) is 22.8 Å². The van der Waals surface area contributed by atoms with Crippen LogP contribution in [0.5, 0.6) is 0 Å². The van der Waals surface area contributed by atoms with Gasteiger partial charge in [-0.2, -0.15) is 10.2 Å². The predicted molar refractivity (Wildman–Crippen MR) is 63.4 cm³/mol. The lowest BCUT2D eigenvalue weighted by Crippen LogP contribution is -2.06. The molecule has 0 spiro atoms. The van der Waals surface area contributed by atoms with Crippen LogP contribution in [0.4, 0.5) is 4.39 Å². The zero-order valence-corrected chi connectivity index (χ0v) is 9.76. The van der Waals surface area contributed by atoms with Crippen molar-refractivity contribution in [1.29, 1.82) is 0 Å². The molecule has 1 heterocycles. The van der Waals surface area contributed by atoms with Crippen molar-refractivity contribution in [2.45, 2.75) is 6.92 Å². The van der Waals surface area contributed by atoms with E-state index in [1.807, 2.05) is 0 Å². The standard InChI is InChI=1S/C13H11FN2O2/c1-2-18-13(17)10-7-12(16-15-8-10)9-4-3-5-11(14)6-9/h3-8H,2H2,1H3. The molecule has 0 unspecified atom stereocenters. The summed E-state index contributed by atoms with van der Waals surface area (Å²) >= 11 is 0. The van der Waals surface area contributed by atoms with Gasteiger partial charge in [0.25, 0.3) is 0 Å². The van der Waals surface area contributed by atoms with E-state index in [4.69, 9.17) is 4.74 Å². The van der Waals surface area contributed by atoms with Gasteiger partial charge >= 0.3 is 5.97 Å². The molecule has 4 nitrogen and oxygen atoms in total. The lowest BCUT2D eigenvalue weighted by Gasteiger charge is -2.03. The quantitative estimate of drug-likeness (QED) is 0.780. The fourth-order valence-corrected chi connectivity index (χ4v) is 1.48. The smallest absolute Gasteiger partial charge is 0.339 e. The van der Waals surface area contributed by atoms with Gasteiger partial charge in [0.1, 0.15) is 5.82 Å². The summed E-state index contributed by atoms with van der Waals surface area (Å²) in [5, 5.41) is 7.59. The summed E-state index contributed by atoms with van der Waals surface area (Å²) in [5.41, 5.74) is 1.29. The number of esters is 1. The van der Waals surface area contributed by atoms with E-state index in [2.05, 4.69) is 10.2 Å². The van der Waals surface area contributed by atoms with Crippen molar-refractivity contribution in [3.05, 3.63) is 47.9 Å². The van der Waals surface area contributed by atoms with E-state index in [0.29, 0.717) is 16.8 Å². The van der Waals surface area contributed by atoms with Crippen molar-refractivity contribution >= 4 is 5.97 Å². The van der Waals surface area contributed by atoms with Crippen LogP contribution >= 0.6 is 0 Å². The minimum atomic E-state index is -0.468. The fraction of sp³-hybridized carbons (Fsp3) is 0.154. The summed E-state index contributed by atoms with van der Waals surface area (Å²) in [4.78, 5) is 11.5. The van der Waals surface area contributed by atoms with Gasteiger partial charge in [0.2, 0.25) is 0 Å². The predicted octanol–water partition coefficient (Wildman–Crippen LogP) is 2.46. The Bertz CT molecular complexity index is 572. The molecule has 0 saturated carbocycles. The second-order valence-corrected chi connectivity index (χ2v) is 3.56. The van der Waals surface area contributed by atoms with E-state index < -0.39 is 5.97 Å². The number of aromatic nitrogens is 2. The van der Waals surface area contributed by atoms with Gasteiger partial charge in [0.15, 0.2) is 0 Å². The summed E-state index contributed by atoms with van der Waals surface area (Å²) in [6.45, 7) is 2.01. The van der Waals surface area contributed by atoms with Gasteiger partial charge in [0, 0.05) is 5.56 Å². The largest absolute Gasteiger partial charge is 0.462 e. The molecule has 2 rings (SSSR count). The monoisotopic (exact) mass is 246 g/mol. The number of hydrogen-bond donors (Lipinski definition) is 0. The first kappa shape index (κ1) is 12.2. The van der Waals surface area contributed by atoms with Crippen LogP contribution in [0.1, 0.15) is 17.3 Å². The highest BCUT2D eigenvalue weighted by Crippen LogP contribution is 2.18. The van der Waals surface area contributed by atoms with E-state index in [-0.39, 0.29) is 12.4 Å². The third kappa shape index (κ3) is 2.68. The van der Waals surface area contributed by atoms with Crippen molar-refractivity contribution in [3.8, 4) is 11.3 Å². The molecule has 1 aromatic carbocycles. The second kappa shape index (κ2) is 5.35. The third-order valence-corrected chi connectivity index (χ3v) is 2.29. The van der Waals surface area contributed by atoms with E-state index in [0.717, 1.165) is 0 Å². The third-order valence-electron chi connectivity index (χ3n) is 2.29. The van der Waals surface area contributed by atoms with Crippen LogP contribution in [0.2, 0.25) is 0 Å². The van der Waals surface area contributed by atoms with Crippen molar-refractivity contribution in [3.63, 3.8) is 0 Å². The molecule has 0 atom stereocenters. The van der Waals surface area contributed by atoms with E-state index >= 15 is 0 Å². The summed E-state index contributed by atoms with van der Waals surface area (Å²) in [6, 6.07) is 7.47. The molecule has 0 N–H and O–H groups in total. The topological polar surface area (TPSA) is 52.1 Å². The highest BCUT2D eigenvalue weighted by Gasteiger charge is 2.09. The van der Waals surface area contributed by atoms with E-state index in [9.17, 15) is 9.18 Å². The van der Waals surface area contributed by atoms with Crippen LogP contribution in [0, 0.1) is 5.82 Å². The Morgan fingerprint density at radius 1 is 1.39 bits per heavy atom. The maximum Gasteiger partial charge on any atom is 0.339 e. The molecule has 1 aromatic heterocycles. The van der Waals surface area contributed by atoms with Gasteiger partial charge in [-0.3, -0.25) is 0 Å². The minimum Gasteiger partial charge on any atom is -0.462 e. The van der Waals surface area contributed by atoms with Gasteiger partial charge in [-0.05, 0) is 25.1 Å². The Balaban J connectivity index is 2.35. The number of carbonyl (C=O) groups excluding carboxylic acids is 1. The van der Waals surface area contributed by atoms with Crippen LogP contribution < -0.4 is 0 Å². The molecule has 5 heteroatoms. The van der Waals surface area contributed by atoms with Gasteiger partial charge in [-0.25, -0.2) is 9.18 Å². The van der Waals surface area contributed by atoms with Crippen molar-refractivity contribution in [2.75, 3.05) is 6.61 Å². The maximum absolute atomic E-state index is 13.1. The molecular weight excluding hydrogens is 235 g/mol. The molecule has 0 bridgehead atoms. The Kier molecular flexibility index (Phi) is 3.62. The van der Waals surface area contributed by atoms with Gasteiger partial charge in [-0.15, -0.1) is 0 Å². The molecule has 0 radical (unpaired) electrons. The first-order valence-corrected chi connectivity index (χ1v) is 5.46. The summed E-state index contributed by atoms with van der Waals surface area (Å²) in [5.74, 6) is -0.833. The minimum absolute atomic E-state index is 0.288. The highest BCUT2D eigenvalue weighted by molar-refractivity contribution is 5.90. The first-order valence-electron chi connectivity index (χ1n) is 5.46. The SMILES string of the molecule is CCOC(=O)c1cnnc(-c2cccc(F)c2)c1. The summed E-state index contributed by atoms with van der Waals surface area (Å²) in [7, 11) is 0. The molecule has 0 amide bonds. The zero-order chi connectivity index (χ0) is 13.0. The molecule has 0 aliphatic rings. The van der Waals surface area contributed by atoms with E-state index in [1.165, 1.54) is 24.4 Å². The molecule has 0 saturated heterocycles. The number of nitrogens with zero attached hydrogens (tertiary/aromatic N) is 2. The lowest BCUT2D eigenvalue weighted by molar-refractivity contribution is 0.0525. The molecule has 0 fully saturated rings. The van der Waals surface area contributed by atoms with Gasteiger partial charge in [0.05, 0.1) is 24.1 Å². The molecule has 92 valence electrons. The fourth-order valence-electron chi connectivity index (χ4n) is 1.48. The zero-order valence-electron chi connectivity index (χ0n) is 9.76. The molecular formula is C13H11FN2O2. The molecule has 2 aromatic rings. The molecule has 18 heavy (non-hydrogen) atoms. The van der Waals surface area contributed by atoms with Crippen LogP contribution in [-0.2, 0) is 4.74 Å². The van der Waals surface area contributed by atoms with Crippen LogP contribution in [0.15, 0.2) is 36.5 Å². The summed E-state index contributed by atoms with van der Waals surface area (Å²) in [6.07, 6.45) is 1.32. The number of hydrogen-bond acceptors (Lipinski definition) is 4. The Morgan fingerprint density at radius 2 is 2.22 bits per heavy atom. The normalized spacial score (nSPS) is 10.1. The summed E-state index contributed by atoms with van der Waals surface area (Å²) < 4.78 is 18.0. The van der Waals surface area contributed by atoms with Crippen molar-refractivity contribution < 1.29 is 13.9 Å². The van der Waals surface area contributed by atoms with E-state index in [1.54, 1.807) is 19.1 Å². The van der Waals surface area contributed by atoms with Crippen LogP contribution in [0.25, 0.3) is 11.3 Å². The Hall–Kier alpha value is -2.30. The second-order valence-electron chi connectivity index (χ2n) is 3.56. The maximum atomic E-state index is 13.1. The number of halogens is 1.